The smallest absolute Gasteiger partial charge is 0.416 e. The van der Waals surface area contributed by atoms with Crippen molar-refractivity contribution in [2.75, 3.05) is 18.0 Å². The number of halogens is 3. The quantitative estimate of drug-likeness (QED) is 0.477. The fraction of sp³-hybridized carbons (Fsp3) is 0.300. The maximum Gasteiger partial charge on any atom is 0.416 e. The number of carboxylic acids is 1. The topological polar surface area (TPSA) is 151 Å². The summed E-state index contributed by atoms with van der Waals surface area (Å²) in [5.74, 6) is -0.839. The average Bonchev–Trinajstić information content (AvgIpc) is 3.23. The van der Waals surface area contributed by atoms with Crippen LogP contribution in [-0.2, 0) is 11.0 Å². The molecule has 1 aliphatic heterocycles. The standard InChI is InChI=1S/C12H15N5O2.C8H6F3NO/c13-12(11(18)19)2-5-17(6-3-12)10-8-1-4-14-9(8)15-7-16-10;9-8(10,11)6-3-1-5(2-4-6)7(12)13/h1,4,7H,2-3,5-6,13H2,(H,18,19)(H,14,15,16);1-4H,(H2,12,13). The summed E-state index contributed by atoms with van der Waals surface area (Å²) in [6.45, 7) is 1.17. The number of primary amides is 1. The Kier molecular flexibility index (Phi) is 6.35. The van der Waals surface area contributed by atoms with E-state index in [1.165, 1.54) is 6.33 Å². The van der Waals surface area contributed by atoms with Gasteiger partial charge in [-0.25, -0.2) is 9.97 Å². The second kappa shape index (κ2) is 8.83. The van der Waals surface area contributed by atoms with E-state index in [0.29, 0.717) is 25.9 Å². The van der Waals surface area contributed by atoms with Crippen molar-refractivity contribution in [1.82, 2.24) is 15.0 Å². The molecule has 0 saturated carbocycles. The number of carbonyl (C=O) groups excluding carboxylic acids is 1. The minimum absolute atomic E-state index is 0.0630. The van der Waals surface area contributed by atoms with Crippen LogP contribution in [0.25, 0.3) is 11.0 Å². The summed E-state index contributed by atoms with van der Waals surface area (Å²) < 4.78 is 36.0. The molecule has 12 heteroatoms. The van der Waals surface area contributed by atoms with Gasteiger partial charge in [0.1, 0.15) is 23.3 Å². The third-order valence-corrected chi connectivity index (χ3v) is 5.21. The maximum absolute atomic E-state index is 12.0. The first-order chi connectivity index (χ1) is 15.0. The summed E-state index contributed by atoms with van der Waals surface area (Å²) in [5, 5.41) is 10.1. The predicted octanol–water partition coefficient (Wildman–Crippen LogP) is 2.14. The van der Waals surface area contributed by atoms with Crippen molar-refractivity contribution in [2.24, 2.45) is 11.5 Å². The van der Waals surface area contributed by atoms with Crippen molar-refractivity contribution in [1.29, 1.82) is 0 Å². The maximum atomic E-state index is 12.0. The molecule has 0 unspecified atom stereocenters. The van der Waals surface area contributed by atoms with Gasteiger partial charge in [0.05, 0.1) is 10.9 Å². The Bertz CT molecular complexity index is 1110. The minimum atomic E-state index is -4.38. The highest BCUT2D eigenvalue weighted by Crippen LogP contribution is 2.29. The Morgan fingerprint density at radius 1 is 1.09 bits per heavy atom. The first-order valence-electron chi connectivity index (χ1n) is 9.53. The number of carboxylic acid groups (broad SMARTS) is 1. The number of nitrogens with one attached hydrogen (secondary N) is 1. The van der Waals surface area contributed by atoms with E-state index in [1.807, 2.05) is 12.3 Å². The molecule has 6 N–H and O–H groups in total. The van der Waals surface area contributed by atoms with Gasteiger partial charge in [-0.15, -0.1) is 0 Å². The van der Waals surface area contributed by atoms with Crippen LogP contribution in [0, 0.1) is 0 Å². The van der Waals surface area contributed by atoms with Gasteiger partial charge in [0.2, 0.25) is 5.91 Å². The van der Waals surface area contributed by atoms with E-state index in [1.54, 1.807) is 0 Å². The van der Waals surface area contributed by atoms with E-state index in [0.717, 1.165) is 41.1 Å². The molecule has 32 heavy (non-hydrogen) atoms. The van der Waals surface area contributed by atoms with Crippen molar-refractivity contribution in [3.05, 3.63) is 54.0 Å². The van der Waals surface area contributed by atoms with Gasteiger partial charge < -0.3 is 26.5 Å². The van der Waals surface area contributed by atoms with Crippen LogP contribution >= 0.6 is 0 Å². The number of nitrogens with two attached hydrogens (primary N) is 2. The van der Waals surface area contributed by atoms with Crippen LogP contribution in [0.2, 0.25) is 0 Å². The fourth-order valence-electron chi connectivity index (χ4n) is 3.27. The highest BCUT2D eigenvalue weighted by molar-refractivity contribution is 5.92. The lowest BCUT2D eigenvalue weighted by molar-refractivity contribution is -0.144. The van der Waals surface area contributed by atoms with Gasteiger partial charge in [-0.2, -0.15) is 13.2 Å². The zero-order valence-electron chi connectivity index (χ0n) is 16.8. The molecule has 3 aromatic rings. The number of benzene rings is 1. The molecule has 0 radical (unpaired) electrons. The molecular formula is C20H21F3N6O3. The zero-order valence-corrected chi connectivity index (χ0v) is 16.8. The highest BCUT2D eigenvalue weighted by atomic mass is 19.4. The molecule has 1 saturated heterocycles. The van der Waals surface area contributed by atoms with E-state index in [-0.39, 0.29) is 5.56 Å². The Hall–Kier alpha value is -3.67. The first-order valence-corrected chi connectivity index (χ1v) is 9.53. The second-order valence-electron chi connectivity index (χ2n) is 7.32. The lowest BCUT2D eigenvalue weighted by atomic mass is 9.89. The molecule has 1 amide bonds. The van der Waals surface area contributed by atoms with E-state index in [9.17, 15) is 22.8 Å². The normalized spacial score (nSPS) is 15.7. The number of hydrogen-bond donors (Lipinski definition) is 4. The monoisotopic (exact) mass is 450 g/mol. The third kappa shape index (κ3) is 4.97. The van der Waals surface area contributed by atoms with E-state index < -0.39 is 29.2 Å². The molecule has 0 spiro atoms. The van der Waals surface area contributed by atoms with Gasteiger partial charge in [-0.3, -0.25) is 9.59 Å². The third-order valence-electron chi connectivity index (χ3n) is 5.21. The van der Waals surface area contributed by atoms with Gasteiger partial charge in [-0.1, -0.05) is 0 Å². The van der Waals surface area contributed by atoms with Crippen molar-refractivity contribution in [2.45, 2.75) is 24.6 Å². The highest BCUT2D eigenvalue weighted by Gasteiger charge is 2.38. The van der Waals surface area contributed by atoms with Crippen LogP contribution in [0.4, 0.5) is 19.0 Å². The van der Waals surface area contributed by atoms with Crippen LogP contribution in [0.3, 0.4) is 0 Å². The van der Waals surface area contributed by atoms with Gasteiger partial charge in [0, 0.05) is 24.8 Å². The van der Waals surface area contributed by atoms with E-state index >= 15 is 0 Å². The molecule has 1 aromatic carbocycles. The van der Waals surface area contributed by atoms with Crippen molar-refractivity contribution in [3.8, 4) is 0 Å². The van der Waals surface area contributed by atoms with E-state index in [2.05, 4.69) is 19.9 Å². The number of hydrogen-bond acceptors (Lipinski definition) is 6. The average molecular weight is 450 g/mol. The summed E-state index contributed by atoms with van der Waals surface area (Å²) in [6.07, 6.45) is -0.223. The predicted molar refractivity (Wildman–Crippen MR) is 110 cm³/mol. The SMILES string of the molecule is NC(=O)c1ccc(C(F)(F)F)cc1.NC1(C(=O)O)CCN(c2ncnc3[nH]ccc23)CC1. The van der Waals surface area contributed by atoms with Gasteiger partial charge in [-0.05, 0) is 43.2 Å². The number of aliphatic carboxylic acids is 1. The summed E-state index contributed by atoms with van der Waals surface area (Å²) >= 11 is 0. The van der Waals surface area contributed by atoms with Crippen molar-refractivity contribution >= 4 is 28.7 Å². The van der Waals surface area contributed by atoms with Crippen LogP contribution in [0.5, 0.6) is 0 Å². The molecule has 1 fully saturated rings. The van der Waals surface area contributed by atoms with Crippen LogP contribution in [-0.4, -0.2) is 50.6 Å². The van der Waals surface area contributed by atoms with Crippen molar-refractivity contribution < 1.29 is 27.9 Å². The summed E-state index contributed by atoms with van der Waals surface area (Å²) in [5.41, 5.74) is 9.67. The number of anilines is 1. The Morgan fingerprint density at radius 3 is 2.25 bits per heavy atom. The molecule has 9 nitrogen and oxygen atoms in total. The minimum Gasteiger partial charge on any atom is -0.480 e. The first kappa shape index (κ1) is 23.0. The number of H-pyrrole nitrogens is 1. The molecule has 1 aliphatic rings. The second-order valence-corrected chi connectivity index (χ2v) is 7.32. The Labute approximate surface area is 180 Å². The largest absolute Gasteiger partial charge is 0.480 e. The zero-order chi connectivity index (χ0) is 23.5. The summed E-state index contributed by atoms with van der Waals surface area (Å²) in [6, 6.07) is 5.66. The number of rotatable bonds is 3. The number of aromatic nitrogens is 3. The van der Waals surface area contributed by atoms with Crippen molar-refractivity contribution in [3.63, 3.8) is 0 Å². The molecule has 0 atom stereocenters. The summed E-state index contributed by atoms with van der Waals surface area (Å²) in [4.78, 5) is 35.2. The number of piperidine rings is 1. The fourth-order valence-corrected chi connectivity index (χ4v) is 3.27. The van der Waals surface area contributed by atoms with E-state index in [4.69, 9.17) is 16.6 Å². The molecule has 0 aliphatic carbocycles. The molecule has 0 bridgehead atoms. The molecule has 3 heterocycles. The molecular weight excluding hydrogens is 429 g/mol. The summed E-state index contributed by atoms with van der Waals surface area (Å²) in [7, 11) is 0. The number of aromatic amines is 1. The van der Waals surface area contributed by atoms with Crippen LogP contribution in [0.1, 0.15) is 28.8 Å². The Balaban J connectivity index is 0.000000195. The molecule has 170 valence electrons. The van der Waals surface area contributed by atoms with Crippen LogP contribution < -0.4 is 16.4 Å². The van der Waals surface area contributed by atoms with Crippen LogP contribution in [0.15, 0.2) is 42.9 Å². The Morgan fingerprint density at radius 2 is 1.72 bits per heavy atom. The molecule has 4 rings (SSSR count). The number of carbonyl (C=O) groups is 2. The lowest BCUT2D eigenvalue weighted by Crippen LogP contribution is -2.55. The lowest BCUT2D eigenvalue weighted by Gasteiger charge is -2.36. The number of fused-ring (bicyclic) bond motifs is 1. The van der Waals surface area contributed by atoms with Gasteiger partial charge in [0.15, 0.2) is 0 Å². The number of amides is 1. The molecule has 2 aromatic heterocycles. The van der Waals surface area contributed by atoms with Gasteiger partial charge in [0.25, 0.3) is 0 Å². The number of alkyl halides is 3. The van der Waals surface area contributed by atoms with Gasteiger partial charge >= 0.3 is 12.1 Å². The number of nitrogens with zero attached hydrogens (tertiary/aromatic N) is 3.